The van der Waals surface area contributed by atoms with E-state index >= 15 is 0 Å². The standard InChI is InChI=1S/C7H10IN3/c1-2-3-5-7(9)10-4-6(8)11-5/h4H,2-3H2,1H3,(H2,9,10). The maximum Gasteiger partial charge on any atom is 0.145 e. The summed E-state index contributed by atoms with van der Waals surface area (Å²) in [7, 11) is 0. The molecule has 0 spiro atoms. The van der Waals surface area contributed by atoms with Crippen molar-refractivity contribution >= 4 is 28.4 Å². The van der Waals surface area contributed by atoms with Crippen LogP contribution in [0.15, 0.2) is 6.20 Å². The first-order chi connectivity index (χ1) is 5.24. The van der Waals surface area contributed by atoms with Crippen LogP contribution >= 0.6 is 22.6 Å². The van der Waals surface area contributed by atoms with Gasteiger partial charge in [0.25, 0.3) is 0 Å². The second kappa shape index (κ2) is 3.85. The van der Waals surface area contributed by atoms with Gasteiger partial charge < -0.3 is 5.73 Å². The number of anilines is 1. The molecule has 0 bridgehead atoms. The number of aryl methyl sites for hydroxylation is 1. The molecular weight excluding hydrogens is 253 g/mol. The van der Waals surface area contributed by atoms with Crippen LogP contribution in [0, 0.1) is 3.70 Å². The van der Waals surface area contributed by atoms with E-state index in [-0.39, 0.29) is 0 Å². The average Bonchev–Trinajstić information content (AvgIpc) is 1.98. The van der Waals surface area contributed by atoms with E-state index < -0.39 is 0 Å². The summed E-state index contributed by atoms with van der Waals surface area (Å²) in [6, 6.07) is 0. The predicted octanol–water partition coefficient (Wildman–Crippen LogP) is 1.62. The molecule has 0 fully saturated rings. The van der Waals surface area contributed by atoms with E-state index in [9.17, 15) is 0 Å². The summed E-state index contributed by atoms with van der Waals surface area (Å²) in [6.45, 7) is 2.10. The molecule has 0 saturated carbocycles. The number of nitrogens with zero attached hydrogens (tertiary/aromatic N) is 2. The summed E-state index contributed by atoms with van der Waals surface area (Å²) in [5.41, 5.74) is 6.51. The summed E-state index contributed by atoms with van der Waals surface area (Å²) < 4.78 is 0.903. The van der Waals surface area contributed by atoms with Gasteiger partial charge in [0.2, 0.25) is 0 Å². The van der Waals surface area contributed by atoms with Crippen LogP contribution in [0.4, 0.5) is 5.82 Å². The topological polar surface area (TPSA) is 51.8 Å². The first-order valence-corrected chi connectivity index (χ1v) is 4.58. The van der Waals surface area contributed by atoms with Crippen molar-refractivity contribution in [1.29, 1.82) is 0 Å². The Morgan fingerprint density at radius 2 is 2.36 bits per heavy atom. The van der Waals surface area contributed by atoms with E-state index in [1.165, 1.54) is 0 Å². The lowest BCUT2D eigenvalue weighted by molar-refractivity contribution is 0.869. The maximum atomic E-state index is 5.60. The van der Waals surface area contributed by atoms with Crippen molar-refractivity contribution in [3.05, 3.63) is 15.6 Å². The highest BCUT2D eigenvalue weighted by atomic mass is 127. The van der Waals surface area contributed by atoms with Crippen LogP contribution in [0.2, 0.25) is 0 Å². The molecule has 1 heterocycles. The Bertz CT molecular complexity index is 249. The maximum absolute atomic E-state index is 5.60. The number of halogens is 1. The minimum Gasteiger partial charge on any atom is -0.382 e. The quantitative estimate of drug-likeness (QED) is 0.825. The number of nitrogens with two attached hydrogens (primary N) is 1. The second-order valence-corrected chi connectivity index (χ2v) is 3.38. The van der Waals surface area contributed by atoms with Crippen molar-refractivity contribution in [2.45, 2.75) is 19.8 Å². The number of rotatable bonds is 2. The molecule has 0 atom stereocenters. The van der Waals surface area contributed by atoms with Gasteiger partial charge in [-0.1, -0.05) is 13.3 Å². The van der Waals surface area contributed by atoms with E-state index in [1.807, 2.05) is 0 Å². The third-order valence-corrected chi connectivity index (χ3v) is 1.85. The van der Waals surface area contributed by atoms with Crippen molar-refractivity contribution in [1.82, 2.24) is 9.97 Å². The molecule has 1 aromatic rings. The third kappa shape index (κ3) is 2.28. The van der Waals surface area contributed by atoms with Crippen molar-refractivity contribution < 1.29 is 0 Å². The number of nitrogen functional groups attached to an aromatic ring is 1. The van der Waals surface area contributed by atoms with Crippen LogP contribution in [0.3, 0.4) is 0 Å². The van der Waals surface area contributed by atoms with Gasteiger partial charge in [0.15, 0.2) is 0 Å². The van der Waals surface area contributed by atoms with E-state index in [4.69, 9.17) is 5.73 Å². The van der Waals surface area contributed by atoms with Crippen LogP contribution in [-0.4, -0.2) is 9.97 Å². The minimum absolute atomic E-state index is 0.562. The average molecular weight is 263 g/mol. The molecular formula is C7H10IN3. The predicted molar refractivity (Wildman–Crippen MR) is 53.2 cm³/mol. The molecule has 1 rings (SSSR count). The molecule has 3 nitrogen and oxygen atoms in total. The van der Waals surface area contributed by atoms with Crippen molar-refractivity contribution in [2.24, 2.45) is 0 Å². The highest BCUT2D eigenvalue weighted by Crippen LogP contribution is 2.09. The lowest BCUT2D eigenvalue weighted by Gasteiger charge is -2.00. The van der Waals surface area contributed by atoms with Crippen LogP contribution in [0.5, 0.6) is 0 Å². The van der Waals surface area contributed by atoms with E-state index in [0.29, 0.717) is 5.82 Å². The molecule has 0 saturated heterocycles. The van der Waals surface area contributed by atoms with Gasteiger partial charge in [-0.2, -0.15) is 0 Å². The molecule has 0 aliphatic rings. The lowest BCUT2D eigenvalue weighted by atomic mass is 10.2. The molecule has 0 aromatic carbocycles. The summed E-state index contributed by atoms with van der Waals surface area (Å²) in [6.07, 6.45) is 3.64. The Kier molecular flexibility index (Phi) is 3.04. The largest absolute Gasteiger partial charge is 0.382 e. The van der Waals surface area contributed by atoms with Crippen LogP contribution in [-0.2, 0) is 6.42 Å². The second-order valence-electron chi connectivity index (χ2n) is 2.27. The monoisotopic (exact) mass is 263 g/mol. The molecule has 0 aliphatic carbocycles. The van der Waals surface area contributed by atoms with Crippen molar-refractivity contribution in [3.63, 3.8) is 0 Å². The Balaban J connectivity index is 2.93. The molecule has 2 N–H and O–H groups in total. The van der Waals surface area contributed by atoms with Gasteiger partial charge >= 0.3 is 0 Å². The van der Waals surface area contributed by atoms with E-state index in [1.54, 1.807) is 6.20 Å². The smallest absolute Gasteiger partial charge is 0.145 e. The van der Waals surface area contributed by atoms with Gasteiger partial charge in [-0.25, -0.2) is 9.97 Å². The highest BCUT2D eigenvalue weighted by molar-refractivity contribution is 14.1. The zero-order valence-corrected chi connectivity index (χ0v) is 8.50. The van der Waals surface area contributed by atoms with Crippen molar-refractivity contribution in [3.8, 4) is 0 Å². The number of hydrogen-bond acceptors (Lipinski definition) is 3. The first kappa shape index (κ1) is 8.70. The van der Waals surface area contributed by atoms with Gasteiger partial charge in [0, 0.05) is 0 Å². The van der Waals surface area contributed by atoms with Crippen molar-refractivity contribution in [2.75, 3.05) is 5.73 Å². The Hall–Kier alpha value is -0.390. The van der Waals surface area contributed by atoms with Gasteiger partial charge in [-0.05, 0) is 29.0 Å². The Labute approximate surface area is 79.6 Å². The molecule has 0 unspecified atom stereocenters. The van der Waals surface area contributed by atoms with Gasteiger partial charge in [0.05, 0.1) is 11.9 Å². The molecule has 0 aliphatic heterocycles. The van der Waals surface area contributed by atoms with Gasteiger partial charge in [0.1, 0.15) is 9.52 Å². The Morgan fingerprint density at radius 3 is 3.00 bits per heavy atom. The minimum atomic E-state index is 0.562. The molecule has 0 amide bonds. The van der Waals surface area contributed by atoms with Gasteiger partial charge in [-0.3, -0.25) is 0 Å². The fraction of sp³-hybridized carbons (Fsp3) is 0.429. The van der Waals surface area contributed by atoms with Crippen LogP contribution < -0.4 is 5.73 Å². The summed E-state index contributed by atoms with van der Waals surface area (Å²) in [5, 5.41) is 0. The molecule has 0 radical (unpaired) electrons. The zero-order chi connectivity index (χ0) is 8.27. The summed E-state index contributed by atoms with van der Waals surface area (Å²) >= 11 is 2.13. The fourth-order valence-corrected chi connectivity index (χ4v) is 1.26. The Morgan fingerprint density at radius 1 is 1.64 bits per heavy atom. The fourth-order valence-electron chi connectivity index (χ4n) is 0.833. The number of aromatic nitrogens is 2. The molecule has 11 heavy (non-hydrogen) atoms. The normalized spacial score (nSPS) is 10.0. The molecule has 1 aromatic heterocycles. The van der Waals surface area contributed by atoms with Gasteiger partial charge in [-0.15, -0.1) is 0 Å². The third-order valence-electron chi connectivity index (χ3n) is 1.33. The SMILES string of the molecule is CCCc1nc(I)cnc1N. The van der Waals surface area contributed by atoms with E-state index in [0.717, 1.165) is 22.2 Å². The van der Waals surface area contributed by atoms with E-state index in [2.05, 4.69) is 39.5 Å². The summed E-state index contributed by atoms with van der Waals surface area (Å²) in [5.74, 6) is 0.562. The summed E-state index contributed by atoms with van der Waals surface area (Å²) in [4.78, 5) is 8.27. The lowest BCUT2D eigenvalue weighted by Crippen LogP contribution is -2.01. The number of hydrogen-bond donors (Lipinski definition) is 1. The molecule has 60 valence electrons. The zero-order valence-electron chi connectivity index (χ0n) is 6.34. The van der Waals surface area contributed by atoms with Crippen LogP contribution in [0.25, 0.3) is 0 Å². The highest BCUT2D eigenvalue weighted by Gasteiger charge is 2.00. The first-order valence-electron chi connectivity index (χ1n) is 3.51. The molecule has 4 heteroatoms. The van der Waals surface area contributed by atoms with Crippen LogP contribution in [0.1, 0.15) is 19.0 Å².